The second kappa shape index (κ2) is 6.73. The van der Waals surface area contributed by atoms with Crippen LogP contribution in [-0.2, 0) is 16.0 Å². The molecule has 3 aromatic rings. The van der Waals surface area contributed by atoms with Crippen molar-refractivity contribution in [3.05, 3.63) is 71.4 Å². The molecule has 1 atom stereocenters. The lowest BCUT2D eigenvalue weighted by molar-refractivity contribution is -0.138. The van der Waals surface area contributed by atoms with E-state index in [2.05, 4.69) is 35.3 Å². The van der Waals surface area contributed by atoms with Gasteiger partial charge >= 0.3 is 0 Å². The van der Waals surface area contributed by atoms with Crippen LogP contribution in [0.25, 0.3) is 10.9 Å². The Balaban J connectivity index is 1.82. The van der Waals surface area contributed by atoms with Crippen LogP contribution >= 0.6 is 0 Å². The second-order valence-corrected chi connectivity index (χ2v) is 6.35. The Labute approximate surface area is 147 Å². The number of aromatic nitrogens is 1. The molecule has 4 nitrogen and oxygen atoms in total. The number of carbonyl (C=O) groups is 1. The molecule has 1 unspecified atom stereocenters. The van der Waals surface area contributed by atoms with Gasteiger partial charge in [-0.3, -0.25) is 4.79 Å². The van der Waals surface area contributed by atoms with Gasteiger partial charge in [0.2, 0.25) is 5.91 Å². The molecular formula is C21H22N2O2. The third-order valence-corrected chi connectivity index (χ3v) is 4.90. The van der Waals surface area contributed by atoms with Gasteiger partial charge in [0.15, 0.2) is 0 Å². The van der Waals surface area contributed by atoms with Crippen molar-refractivity contribution < 1.29 is 9.53 Å². The van der Waals surface area contributed by atoms with Gasteiger partial charge in [-0.25, -0.2) is 0 Å². The fraction of sp³-hybridized carbons (Fsp3) is 0.286. The zero-order valence-electron chi connectivity index (χ0n) is 14.4. The second-order valence-electron chi connectivity index (χ2n) is 6.35. The number of benzene rings is 2. The summed E-state index contributed by atoms with van der Waals surface area (Å²) < 4.78 is 5.38. The van der Waals surface area contributed by atoms with Crippen molar-refractivity contribution in [1.29, 1.82) is 0 Å². The summed E-state index contributed by atoms with van der Waals surface area (Å²) in [6.07, 6.45) is 0.862. The number of amides is 1. The van der Waals surface area contributed by atoms with Gasteiger partial charge in [-0.2, -0.15) is 0 Å². The Morgan fingerprint density at radius 3 is 2.72 bits per heavy atom. The first-order valence-corrected chi connectivity index (χ1v) is 8.81. The maximum absolute atomic E-state index is 12.8. The molecule has 1 amide bonds. The van der Waals surface area contributed by atoms with Crippen LogP contribution in [0.4, 0.5) is 0 Å². The first-order valence-electron chi connectivity index (χ1n) is 8.81. The van der Waals surface area contributed by atoms with Crippen molar-refractivity contribution >= 4 is 16.8 Å². The van der Waals surface area contributed by atoms with Gasteiger partial charge < -0.3 is 14.6 Å². The summed E-state index contributed by atoms with van der Waals surface area (Å²) in [7, 11) is 0. The molecule has 4 heteroatoms. The van der Waals surface area contributed by atoms with Crippen LogP contribution in [0.2, 0.25) is 0 Å². The highest BCUT2D eigenvalue weighted by atomic mass is 16.5. The van der Waals surface area contributed by atoms with E-state index in [-0.39, 0.29) is 18.6 Å². The van der Waals surface area contributed by atoms with Gasteiger partial charge in [0, 0.05) is 29.7 Å². The quantitative estimate of drug-likeness (QED) is 0.791. The summed E-state index contributed by atoms with van der Waals surface area (Å²) in [5.41, 5.74) is 4.71. The molecule has 0 saturated heterocycles. The topological polar surface area (TPSA) is 45.3 Å². The van der Waals surface area contributed by atoms with Crippen molar-refractivity contribution in [2.45, 2.75) is 19.4 Å². The molecule has 0 aliphatic carbocycles. The molecule has 4 rings (SSSR count). The van der Waals surface area contributed by atoms with Crippen molar-refractivity contribution in [2.24, 2.45) is 0 Å². The molecule has 0 spiro atoms. The van der Waals surface area contributed by atoms with Crippen LogP contribution in [0.5, 0.6) is 0 Å². The first kappa shape index (κ1) is 15.9. The van der Waals surface area contributed by atoms with Gasteiger partial charge in [-0.15, -0.1) is 0 Å². The molecular weight excluding hydrogens is 312 g/mol. The van der Waals surface area contributed by atoms with E-state index >= 15 is 0 Å². The van der Waals surface area contributed by atoms with Gasteiger partial charge in [-0.05, 0) is 30.5 Å². The van der Waals surface area contributed by atoms with E-state index in [0.29, 0.717) is 13.2 Å². The van der Waals surface area contributed by atoms with E-state index in [9.17, 15) is 4.79 Å². The maximum Gasteiger partial charge on any atom is 0.249 e. The number of fused-ring (bicyclic) bond motifs is 3. The van der Waals surface area contributed by atoms with Crippen LogP contribution < -0.4 is 0 Å². The lowest BCUT2D eigenvalue weighted by atomic mass is 9.92. The largest absolute Gasteiger partial charge is 0.372 e. The number of para-hydroxylation sites is 1. The average Bonchev–Trinajstić information content (AvgIpc) is 3.04. The number of nitrogens with zero attached hydrogens (tertiary/aromatic N) is 1. The monoisotopic (exact) mass is 334 g/mol. The molecule has 0 bridgehead atoms. The molecule has 0 saturated carbocycles. The number of nitrogens with one attached hydrogen (secondary N) is 1. The number of hydrogen-bond donors (Lipinski definition) is 1. The number of ether oxygens (including phenoxy) is 1. The third-order valence-electron chi connectivity index (χ3n) is 4.90. The summed E-state index contributed by atoms with van der Waals surface area (Å²) in [4.78, 5) is 18.3. The summed E-state index contributed by atoms with van der Waals surface area (Å²) in [5.74, 6) is 0.0417. The predicted molar refractivity (Wildman–Crippen MR) is 98.5 cm³/mol. The standard InChI is InChI=1S/C21H22N2O2/c1-2-25-14-19(24)23-13-12-17-16-10-6-7-11-18(16)22-20(17)21(23)15-8-4-3-5-9-15/h3-11,21-22H,2,12-14H2,1H3. The van der Waals surface area contributed by atoms with E-state index < -0.39 is 0 Å². The number of rotatable bonds is 4. The molecule has 25 heavy (non-hydrogen) atoms. The smallest absolute Gasteiger partial charge is 0.249 e. The lowest BCUT2D eigenvalue weighted by Gasteiger charge is -2.36. The summed E-state index contributed by atoms with van der Waals surface area (Å²) >= 11 is 0. The van der Waals surface area contributed by atoms with Gasteiger partial charge in [-0.1, -0.05) is 48.5 Å². The highest BCUT2D eigenvalue weighted by Crippen LogP contribution is 2.38. The van der Waals surface area contributed by atoms with E-state index in [0.717, 1.165) is 23.2 Å². The number of hydrogen-bond acceptors (Lipinski definition) is 2. The normalized spacial score (nSPS) is 16.8. The van der Waals surface area contributed by atoms with E-state index in [1.54, 1.807) is 0 Å². The third kappa shape index (κ3) is 2.83. The Bertz CT molecular complexity index is 885. The van der Waals surface area contributed by atoms with E-state index in [1.165, 1.54) is 10.9 Å². The van der Waals surface area contributed by atoms with Crippen molar-refractivity contribution in [2.75, 3.05) is 19.8 Å². The lowest BCUT2D eigenvalue weighted by Crippen LogP contribution is -2.42. The number of carbonyl (C=O) groups excluding carboxylic acids is 1. The Morgan fingerprint density at radius 1 is 1.16 bits per heavy atom. The number of H-pyrrole nitrogens is 1. The van der Waals surface area contributed by atoms with Crippen LogP contribution in [0.1, 0.15) is 29.8 Å². The Morgan fingerprint density at radius 2 is 1.92 bits per heavy atom. The summed E-state index contributed by atoms with van der Waals surface area (Å²) in [6, 6.07) is 18.5. The predicted octanol–water partition coefficient (Wildman–Crippen LogP) is 3.68. The maximum atomic E-state index is 12.8. The molecule has 0 fully saturated rings. The molecule has 1 aliphatic heterocycles. The van der Waals surface area contributed by atoms with Crippen LogP contribution in [-0.4, -0.2) is 35.5 Å². The molecule has 128 valence electrons. The minimum Gasteiger partial charge on any atom is -0.372 e. The molecule has 1 aromatic heterocycles. The summed E-state index contributed by atoms with van der Waals surface area (Å²) in [6.45, 7) is 3.30. The van der Waals surface area contributed by atoms with E-state index in [4.69, 9.17) is 4.74 Å². The SMILES string of the molecule is CCOCC(=O)N1CCc2c([nH]c3ccccc23)C1c1ccccc1. The molecule has 1 N–H and O–H groups in total. The zero-order chi connectivity index (χ0) is 17.2. The van der Waals surface area contributed by atoms with Crippen molar-refractivity contribution in [3.8, 4) is 0 Å². The van der Waals surface area contributed by atoms with Crippen molar-refractivity contribution in [3.63, 3.8) is 0 Å². The zero-order valence-corrected chi connectivity index (χ0v) is 14.4. The number of aromatic amines is 1. The molecule has 2 heterocycles. The molecule has 0 radical (unpaired) electrons. The van der Waals surface area contributed by atoms with Gasteiger partial charge in [0.05, 0.1) is 6.04 Å². The summed E-state index contributed by atoms with van der Waals surface area (Å²) in [5, 5.41) is 1.26. The Hall–Kier alpha value is -2.59. The van der Waals surface area contributed by atoms with Gasteiger partial charge in [0.1, 0.15) is 6.61 Å². The molecule has 2 aromatic carbocycles. The van der Waals surface area contributed by atoms with Crippen LogP contribution in [0.3, 0.4) is 0 Å². The fourth-order valence-electron chi connectivity index (χ4n) is 3.76. The van der Waals surface area contributed by atoms with Crippen LogP contribution in [0, 0.1) is 0 Å². The van der Waals surface area contributed by atoms with Gasteiger partial charge in [0.25, 0.3) is 0 Å². The first-order chi connectivity index (χ1) is 12.3. The highest BCUT2D eigenvalue weighted by Gasteiger charge is 2.34. The highest BCUT2D eigenvalue weighted by molar-refractivity contribution is 5.86. The van der Waals surface area contributed by atoms with Crippen LogP contribution in [0.15, 0.2) is 54.6 Å². The van der Waals surface area contributed by atoms with Crippen molar-refractivity contribution in [1.82, 2.24) is 9.88 Å². The minimum atomic E-state index is -0.0923. The fourth-order valence-corrected chi connectivity index (χ4v) is 3.76. The van der Waals surface area contributed by atoms with E-state index in [1.807, 2.05) is 36.1 Å². The average molecular weight is 334 g/mol. The Kier molecular flexibility index (Phi) is 4.28. The minimum absolute atomic E-state index is 0.0417. The molecule has 1 aliphatic rings.